The molecule has 0 unspecified atom stereocenters. The largest absolute Gasteiger partial charge is 0.497 e. The molecule has 4 nitrogen and oxygen atoms in total. The van der Waals surface area contributed by atoms with Gasteiger partial charge in [-0.25, -0.2) is 4.39 Å². The monoisotopic (exact) mass is 370 g/mol. The zero-order chi connectivity index (χ0) is 19.1. The lowest BCUT2D eigenvalue weighted by Gasteiger charge is -2.34. The number of ether oxygens (including phenoxy) is 1. The topological polar surface area (TPSA) is 32.8 Å². The number of piperazine rings is 1. The summed E-state index contributed by atoms with van der Waals surface area (Å²) in [5, 5.41) is 0. The zero-order valence-electron chi connectivity index (χ0n) is 15.9. The van der Waals surface area contributed by atoms with Gasteiger partial charge in [0, 0.05) is 39.1 Å². The normalized spacial score (nSPS) is 15.0. The Kier molecular flexibility index (Phi) is 6.82. The van der Waals surface area contributed by atoms with Crippen molar-refractivity contribution in [3.63, 3.8) is 0 Å². The second-order valence-corrected chi connectivity index (χ2v) is 6.92. The molecular weight excluding hydrogens is 343 g/mol. The molecule has 1 amide bonds. The maximum absolute atomic E-state index is 13.7. The SMILES string of the molecule is COc1cccc(CCN2CCN(C(=O)CCc3ccccc3F)CC2)c1. The summed E-state index contributed by atoms with van der Waals surface area (Å²) in [5.74, 6) is 0.774. The first-order valence-corrected chi connectivity index (χ1v) is 9.52. The highest BCUT2D eigenvalue weighted by Gasteiger charge is 2.20. The predicted octanol–water partition coefficient (Wildman–Crippen LogP) is 3.15. The van der Waals surface area contributed by atoms with E-state index < -0.39 is 0 Å². The Hall–Kier alpha value is -2.40. The second-order valence-electron chi connectivity index (χ2n) is 6.92. The first-order valence-electron chi connectivity index (χ1n) is 9.52. The fraction of sp³-hybridized carbons (Fsp3) is 0.409. The van der Waals surface area contributed by atoms with Crippen LogP contribution in [0.3, 0.4) is 0 Å². The molecule has 1 saturated heterocycles. The van der Waals surface area contributed by atoms with E-state index in [1.807, 2.05) is 23.1 Å². The minimum absolute atomic E-state index is 0.116. The van der Waals surface area contributed by atoms with E-state index in [1.54, 1.807) is 19.2 Å². The molecule has 2 aromatic carbocycles. The van der Waals surface area contributed by atoms with Crippen molar-refractivity contribution in [2.45, 2.75) is 19.3 Å². The fourth-order valence-corrected chi connectivity index (χ4v) is 3.44. The van der Waals surface area contributed by atoms with Gasteiger partial charge in [-0.1, -0.05) is 30.3 Å². The van der Waals surface area contributed by atoms with Crippen LogP contribution >= 0.6 is 0 Å². The van der Waals surface area contributed by atoms with Crippen LogP contribution in [-0.4, -0.2) is 55.5 Å². The average Bonchev–Trinajstić information content (AvgIpc) is 2.72. The quantitative estimate of drug-likeness (QED) is 0.751. The number of hydrogen-bond donors (Lipinski definition) is 0. The van der Waals surface area contributed by atoms with Crippen LogP contribution in [-0.2, 0) is 17.6 Å². The Morgan fingerprint density at radius 3 is 2.56 bits per heavy atom. The number of nitrogens with zero attached hydrogens (tertiary/aromatic N) is 2. The minimum atomic E-state index is -0.229. The molecule has 27 heavy (non-hydrogen) atoms. The highest BCUT2D eigenvalue weighted by atomic mass is 19.1. The van der Waals surface area contributed by atoms with E-state index in [9.17, 15) is 9.18 Å². The van der Waals surface area contributed by atoms with Crippen LogP contribution in [0.2, 0.25) is 0 Å². The summed E-state index contributed by atoms with van der Waals surface area (Å²) >= 11 is 0. The van der Waals surface area contributed by atoms with Crippen LogP contribution < -0.4 is 4.74 Å². The Bertz CT molecular complexity index is 757. The summed E-state index contributed by atoms with van der Waals surface area (Å²) in [7, 11) is 1.68. The van der Waals surface area contributed by atoms with Gasteiger partial charge in [-0.05, 0) is 42.2 Å². The Morgan fingerprint density at radius 1 is 1.04 bits per heavy atom. The standard InChI is InChI=1S/C22H27FN2O2/c1-27-20-7-4-5-18(17-20)11-12-24-13-15-25(16-14-24)22(26)10-9-19-6-2-3-8-21(19)23/h2-8,17H,9-16H2,1H3. The molecule has 0 bridgehead atoms. The van der Waals surface area contributed by atoms with E-state index in [0.717, 1.165) is 44.9 Å². The van der Waals surface area contributed by atoms with E-state index in [2.05, 4.69) is 17.0 Å². The van der Waals surface area contributed by atoms with Crippen molar-refractivity contribution >= 4 is 5.91 Å². The molecule has 1 aliphatic rings. The maximum Gasteiger partial charge on any atom is 0.222 e. The van der Waals surface area contributed by atoms with Gasteiger partial charge in [-0.15, -0.1) is 0 Å². The average molecular weight is 370 g/mol. The van der Waals surface area contributed by atoms with Gasteiger partial charge in [0.05, 0.1) is 7.11 Å². The Labute approximate surface area is 160 Å². The fourth-order valence-electron chi connectivity index (χ4n) is 3.44. The molecule has 144 valence electrons. The van der Waals surface area contributed by atoms with Gasteiger partial charge in [0.15, 0.2) is 0 Å². The smallest absolute Gasteiger partial charge is 0.222 e. The Balaban J connectivity index is 1.40. The lowest BCUT2D eigenvalue weighted by atomic mass is 10.1. The highest BCUT2D eigenvalue weighted by molar-refractivity contribution is 5.76. The molecule has 2 aromatic rings. The first-order chi connectivity index (χ1) is 13.2. The summed E-state index contributed by atoms with van der Waals surface area (Å²) < 4.78 is 18.9. The van der Waals surface area contributed by atoms with Gasteiger partial charge in [-0.3, -0.25) is 9.69 Å². The summed E-state index contributed by atoms with van der Waals surface area (Å²) in [6.45, 7) is 4.23. The molecular formula is C22H27FN2O2. The molecule has 0 aromatic heterocycles. The van der Waals surface area contributed by atoms with E-state index >= 15 is 0 Å². The van der Waals surface area contributed by atoms with Crippen molar-refractivity contribution in [2.24, 2.45) is 0 Å². The number of carbonyl (C=O) groups excluding carboxylic acids is 1. The van der Waals surface area contributed by atoms with Crippen molar-refractivity contribution in [2.75, 3.05) is 39.8 Å². The summed E-state index contributed by atoms with van der Waals surface area (Å²) in [6.07, 6.45) is 1.80. The van der Waals surface area contributed by atoms with Crippen molar-refractivity contribution in [1.82, 2.24) is 9.80 Å². The van der Waals surface area contributed by atoms with Gasteiger partial charge >= 0.3 is 0 Å². The van der Waals surface area contributed by atoms with Gasteiger partial charge < -0.3 is 9.64 Å². The number of benzene rings is 2. The molecule has 0 radical (unpaired) electrons. The van der Waals surface area contributed by atoms with Crippen molar-refractivity contribution in [1.29, 1.82) is 0 Å². The second kappa shape index (κ2) is 9.51. The van der Waals surface area contributed by atoms with Crippen molar-refractivity contribution in [3.8, 4) is 5.75 Å². The van der Waals surface area contributed by atoms with Crippen LogP contribution in [0.25, 0.3) is 0 Å². The molecule has 0 spiro atoms. The molecule has 3 rings (SSSR count). The lowest BCUT2D eigenvalue weighted by Crippen LogP contribution is -2.49. The minimum Gasteiger partial charge on any atom is -0.497 e. The van der Waals surface area contributed by atoms with Crippen molar-refractivity contribution in [3.05, 3.63) is 65.5 Å². The predicted molar refractivity (Wildman–Crippen MR) is 104 cm³/mol. The maximum atomic E-state index is 13.7. The number of hydrogen-bond acceptors (Lipinski definition) is 3. The van der Waals surface area contributed by atoms with E-state index in [1.165, 1.54) is 11.6 Å². The molecule has 5 heteroatoms. The first kappa shape index (κ1) is 19.4. The number of amides is 1. The van der Waals surface area contributed by atoms with Crippen LogP contribution in [0.15, 0.2) is 48.5 Å². The lowest BCUT2D eigenvalue weighted by molar-refractivity contribution is -0.132. The number of aryl methyl sites for hydroxylation is 1. The van der Waals surface area contributed by atoms with Gasteiger partial charge in [0.1, 0.15) is 11.6 Å². The van der Waals surface area contributed by atoms with E-state index in [4.69, 9.17) is 4.74 Å². The molecule has 0 saturated carbocycles. The summed E-state index contributed by atoms with van der Waals surface area (Å²) in [5.41, 5.74) is 1.88. The third kappa shape index (κ3) is 5.54. The van der Waals surface area contributed by atoms with E-state index in [-0.39, 0.29) is 11.7 Å². The highest BCUT2D eigenvalue weighted by Crippen LogP contribution is 2.14. The molecule has 1 aliphatic heterocycles. The van der Waals surface area contributed by atoms with Crippen LogP contribution in [0, 0.1) is 5.82 Å². The van der Waals surface area contributed by atoms with Crippen molar-refractivity contribution < 1.29 is 13.9 Å². The molecule has 0 N–H and O–H groups in total. The van der Waals surface area contributed by atoms with E-state index in [0.29, 0.717) is 18.4 Å². The third-order valence-electron chi connectivity index (χ3n) is 5.14. The zero-order valence-corrected chi connectivity index (χ0v) is 15.9. The third-order valence-corrected chi connectivity index (χ3v) is 5.14. The molecule has 0 atom stereocenters. The number of rotatable bonds is 7. The number of halogens is 1. The molecule has 1 fully saturated rings. The van der Waals surface area contributed by atoms with Gasteiger partial charge in [0.25, 0.3) is 0 Å². The van der Waals surface area contributed by atoms with Crippen LogP contribution in [0.1, 0.15) is 17.5 Å². The summed E-state index contributed by atoms with van der Waals surface area (Å²) in [4.78, 5) is 16.7. The van der Waals surface area contributed by atoms with Crippen LogP contribution in [0.5, 0.6) is 5.75 Å². The molecule has 1 heterocycles. The number of methoxy groups -OCH3 is 1. The number of carbonyl (C=O) groups is 1. The van der Waals surface area contributed by atoms with Gasteiger partial charge in [-0.2, -0.15) is 0 Å². The van der Waals surface area contributed by atoms with Gasteiger partial charge in [0.2, 0.25) is 5.91 Å². The van der Waals surface area contributed by atoms with Crippen LogP contribution in [0.4, 0.5) is 4.39 Å². The summed E-state index contributed by atoms with van der Waals surface area (Å²) in [6, 6.07) is 14.8. The molecule has 0 aliphatic carbocycles. The Morgan fingerprint density at radius 2 is 1.81 bits per heavy atom.